The number of ether oxygens (including phenoxy) is 6. The van der Waals surface area contributed by atoms with Crippen LogP contribution in [0.3, 0.4) is 0 Å². The van der Waals surface area contributed by atoms with Crippen molar-refractivity contribution in [3.8, 4) is 57.1 Å². The van der Waals surface area contributed by atoms with E-state index in [1.54, 1.807) is 30.3 Å². The second-order valence-electron chi connectivity index (χ2n) is 6.17. The number of methoxy groups -OCH3 is 5. The smallest absolute Gasteiger partial charge is 0.219 e. The van der Waals surface area contributed by atoms with Crippen LogP contribution >= 0.6 is 0 Å². The number of benzene rings is 3. The highest BCUT2D eigenvalue weighted by Crippen LogP contribution is 2.58. The molecule has 3 rings (SSSR count). The number of hydrogen-bond donors (Lipinski definition) is 1. The summed E-state index contributed by atoms with van der Waals surface area (Å²) < 4.78 is 33.6. The Kier molecular flexibility index (Phi) is 6.41. The van der Waals surface area contributed by atoms with Gasteiger partial charge in [0.2, 0.25) is 34.5 Å². The fourth-order valence-electron chi connectivity index (χ4n) is 3.16. The van der Waals surface area contributed by atoms with Crippen LogP contribution in [0.2, 0.25) is 0 Å². The van der Waals surface area contributed by atoms with E-state index < -0.39 is 0 Å². The lowest BCUT2D eigenvalue weighted by Gasteiger charge is -2.21. The molecule has 3 aromatic rings. The highest BCUT2D eigenvalue weighted by Gasteiger charge is 2.30. The van der Waals surface area contributed by atoms with Crippen LogP contribution in [0.1, 0.15) is 0 Å². The summed E-state index contributed by atoms with van der Waals surface area (Å²) in [5.74, 6) is 2.64. The zero-order chi connectivity index (χ0) is 21.7. The lowest BCUT2D eigenvalue weighted by atomic mass is 10.1. The topological polar surface area (TPSA) is 75.6 Å². The molecule has 0 atom stereocenters. The Morgan fingerprint density at radius 3 is 1.43 bits per heavy atom. The third-order valence-corrected chi connectivity index (χ3v) is 4.51. The summed E-state index contributed by atoms with van der Waals surface area (Å²) in [4.78, 5) is 0. The molecule has 0 aliphatic rings. The molecule has 0 saturated heterocycles. The summed E-state index contributed by atoms with van der Waals surface area (Å²) in [7, 11) is 7.50. The van der Waals surface area contributed by atoms with Crippen molar-refractivity contribution in [3.63, 3.8) is 0 Å². The second-order valence-corrected chi connectivity index (χ2v) is 6.17. The molecule has 7 nitrogen and oxygen atoms in total. The van der Waals surface area contributed by atoms with Gasteiger partial charge in [-0.25, -0.2) is 0 Å². The lowest BCUT2D eigenvalue weighted by molar-refractivity contribution is 0.275. The Morgan fingerprint density at radius 2 is 1.00 bits per heavy atom. The van der Waals surface area contributed by atoms with Crippen LogP contribution in [0, 0.1) is 0 Å². The van der Waals surface area contributed by atoms with Crippen molar-refractivity contribution in [2.75, 3.05) is 35.5 Å². The molecule has 1 N–H and O–H groups in total. The first-order valence-electron chi connectivity index (χ1n) is 9.09. The molecule has 7 heteroatoms. The molecule has 0 aliphatic heterocycles. The van der Waals surface area contributed by atoms with Crippen LogP contribution in [0.15, 0.2) is 48.5 Å². The van der Waals surface area contributed by atoms with E-state index in [1.165, 1.54) is 35.5 Å². The van der Waals surface area contributed by atoms with Gasteiger partial charge >= 0.3 is 0 Å². The van der Waals surface area contributed by atoms with Crippen molar-refractivity contribution < 1.29 is 33.5 Å². The van der Waals surface area contributed by atoms with E-state index >= 15 is 0 Å². The quantitative estimate of drug-likeness (QED) is 0.564. The van der Waals surface area contributed by atoms with Crippen LogP contribution < -0.4 is 28.4 Å². The van der Waals surface area contributed by atoms with E-state index in [0.717, 1.165) is 11.1 Å². The van der Waals surface area contributed by atoms with Gasteiger partial charge in [-0.05, 0) is 35.4 Å². The zero-order valence-corrected chi connectivity index (χ0v) is 17.5. The molecule has 0 unspecified atom stereocenters. The van der Waals surface area contributed by atoms with Crippen LogP contribution in [0.5, 0.6) is 46.0 Å². The van der Waals surface area contributed by atoms with Gasteiger partial charge in [0.1, 0.15) is 11.5 Å². The van der Waals surface area contributed by atoms with Gasteiger partial charge < -0.3 is 33.5 Å². The maximum absolute atomic E-state index is 9.69. The van der Waals surface area contributed by atoms with Gasteiger partial charge in [-0.15, -0.1) is 0 Å². The van der Waals surface area contributed by atoms with Crippen LogP contribution in [-0.2, 0) is 0 Å². The third kappa shape index (κ3) is 3.87. The number of rotatable bonds is 8. The number of hydrogen-bond acceptors (Lipinski definition) is 7. The van der Waals surface area contributed by atoms with Gasteiger partial charge in [-0.3, -0.25) is 0 Å². The summed E-state index contributed by atoms with van der Waals surface area (Å²) in [6, 6.07) is 14.4. The highest BCUT2D eigenvalue weighted by molar-refractivity contribution is 5.74. The summed E-state index contributed by atoms with van der Waals surface area (Å²) in [6.45, 7) is 0. The van der Waals surface area contributed by atoms with Gasteiger partial charge in [0, 0.05) is 0 Å². The van der Waals surface area contributed by atoms with Crippen LogP contribution in [0.4, 0.5) is 0 Å². The first-order valence-corrected chi connectivity index (χ1v) is 9.09. The monoisotopic (exact) mass is 412 g/mol. The third-order valence-electron chi connectivity index (χ3n) is 4.51. The molecule has 0 amide bonds. The Hall–Kier alpha value is -3.74. The van der Waals surface area contributed by atoms with Crippen molar-refractivity contribution in [1.29, 1.82) is 0 Å². The molecule has 30 heavy (non-hydrogen) atoms. The fourth-order valence-corrected chi connectivity index (χ4v) is 3.16. The standard InChI is InChI=1S/C23H24O7/c1-25-18-19(26-2)21(28-4)23(22(29-5)20(18)27-3)30-17-11-9-14(10-12-17)15-7-6-8-16(24)13-15/h6-13,24H,1-5H3. The van der Waals surface area contributed by atoms with E-state index in [0.29, 0.717) is 40.2 Å². The maximum Gasteiger partial charge on any atom is 0.219 e. The average Bonchev–Trinajstić information content (AvgIpc) is 2.78. The second kappa shape index (κ2) is 9.17. The minimum Gasteiger partial charge on any atom is -0.508 e. The molecule has 0 aliphatic carbocycles. The molecule has 158 valence electrons. The largest absolute Gasteiger partial charge is 0.508 e. The number of aromatic hydroxyl groups is 1. The molecular formula is C23H24O7. The first kappa shape index (κ1) is 21.0. The minimum absolute atomic E-state index is 0.208. The van der Waals surface area contributed by atoms with E-state index in [-0.39, 0.29) is 5.75 Å². The lowest BCUT2D eigenvalue weighted by Crippen LogP contribution is -2.03. The maximum atomic E-state index is 9.69. The van der Waals surface area contributed by atoms with Gasteiger partial charge in [-0.1, -0.05) is 24.3 Å². The Morgan fingerprint density at radius 1 is 0.533 bits per heavy atom. The normalized spacial score (nSPS) is 10.3. The van der Waals surface area contributed by atoms with Crippen LogP contribution in [0.25, 0.3) is 11.1 Å². The summed E-state index contributed by atoms with van der Waals surface area (Å²) in [5, 5.41) is 9.69. The summed E-state index contributed by atoms with van der Waals surface area (Å²) >= 11 is 0. The SMILES string of the molecule is COc1c(OC)c(OC)c(Oc2ccc(-c3cccc(O)c3)cc2)c(OC)c1OC. The summed E-state index contributed by atoms with van der Waals surface area (Å²) in [6.07, 6.45) is 0. The predicted molar refractivity (Wildman–Crippen MR) is 113 cm³/mol. The average molecular weight is 412 g/mol. The van der Waals surface area contributed by atoms with E-state index in [1.807, 2.05) is 18.2 Å². The molecule has 0 radical (unpaired) electrons. The predicted octanol–water partition coefficient (Wildman–Crippen LogP) is 4.89. The van der Waals surface area contributed by atoms with Crippen LogP contribution in [-0.4, -0.2) is 40.7 Å². The van der Waals surface area contributed by atoms with Gasteiger partial charge in [0.25, 0.3) is 0 Å². The van der Waals surface area contributed by atoms with E-state index in [4.69, 9.17) is 28.4 Å². The van der Waals surface area contributed by atoms with Crippen molar-refractivity contribution in [2.45, 2.75) is 0 Å². The molecule has 0 aromatic heterocycles. The Bertz CT molecular complexity index is 980. The van der Waals surface area contributed by atoms with Gasteiger partial charge in [-0.2, -0.15) is 0 Å². The van der Waals surface area contributed by atoms with Crippen molar-refractivity contribution in [3.05, 3.63) is 48.5 Å². The molecule has 0 fully saturated rings. The van der Waals surface area contributed by atoms with Crippen molar-refractivity contribution >= 4 is 0 Å². The summed E-state index contributed by atoms with van der Waals surface area (Å²) in [5.41, 5.74) is 1.83. The molecule has 0 spiro atoms. The molecule has 3 aromatic carbocycles. The van der Waals surface area contributed by atoms with Gasteiger partial charge in [0.05, 0.1) is 35.5 Å². The minimum atomic E-state index is 0.208. The Labute approximate surface area is 175 Å². The molecule has 0 bridgehead atoms. The van der Waals surface area contributed by atoms with E-state index in [9.17, 15) is 5.11 Å². The van der Waals surface area contributed by atoms with Crippen molar-refractivity contribution in [1.82, 2.24) is 0 Å². The first-order chi connectivity index (χ1) is 14.6. The van der Waals surface area contributed by atoms with Crippen molar-refractivity contribution in [2.24, 2.45) is 0 Å². The van der Waals surface area contributed by atoms with Gasteiger partial charge in [0.15, 0.2) is 0 Å². The molecule has 0 saturated carbocycles. The number of phenols is 1. The molecular weight excluding hydrogens is 388 g/mol. The zero-order valence-electron chi connectivity index (χ0n) is 17.5. The number of phenolic OH excluding ortho intramolecular Hbond substituents is 1. The van der Waals surface area contributed by atoms with E-state index in [2.05, 4.69) is 0 Å². The molecule has 0 heterocycles. The fraction of sp³-hybridized carbons (Fsp3) is 0.217. The highest BCUT2D eigenvalue weighted by atomic mass is 16.6. The Balaban J connectivity index is 2.05.